The molecule has 1 fully saturated rings. The van der Waals surface area contributed by atoms with Crippen molar-refractivity contribution >= 4 is 30.6 Å². The maximum atomic E-state index is 12.5. The molecule has 0 bridgehead atoms. The Hall–Kier alpha value is -0.170. The predicted octanol–water partition coefficient (Wildman–Crippen LogP) is 2.80. The van der Waals surface area contributed by atoms with Crippen LogP contribution in [0, 0.1) is 5.92 Å². The van der Waals surface area contributed by atoms with Gasteiger partial charge in [0.1, 0.15) is 0 Å². The molecule has 6 atom stereocenters. The van der Waals surface area contributed by atoms with Crippen molar-refractivity contribution in [1.29, 1.82) is 0 Å². The van der Waals surface area contributed by atoms with E-state index < -0.39 is 25.7 Å². The number of rotatable bonds is 8. The fourth-order valence-corrected chi connectivity index (χ4v) is 5.85. The molecule has 0 saturated heterocycles. The molecule has 1 aromatic rings. The molecule has 5 N–H and O–H groups in total. The van der Waals surface area contributed by atoms with Crippen molar-refractivity contribution in [3.8, 4) is 0 Å². The van der Waals surface area contributed by atoms with Crippen LogP contribution in [0.2, 0.25) is 10.0 Å². The summed E-state index contributed by atoms with van der Waals surface area (Å²) in [5, 5.41) is 33.5. The lowest BCUT2D eigenvalue weighted by molar-refractivity contribution is -0.0224. The van der Waals surface area contributed by atoms with Gasteiger partial charge in [-0.15, -0.1) is 0 Å². The van der Waals surface area contributed by atoms with E-state index in [1.165, 1.54) is 0 Å². The number of nitrogens with one attached hydrogen (secondary N) is 1. The van der Waals surface area contributed by atoms with E-state index in [2.05, 4.69) is 5.32 Å². The van der Waals surface area contributed by atoms with Crippen LogP contribution in [0.3, 0.4) is 0 Å². The zero-order valence-corrected chi connectivity index (χ0v) is 17.7. The molecule has 5 unspecified atom stereocenters. The van der Waals surface area contributed by atoms with E-state index in [1.54, 1.807) is 12.1 Å². The van der Waals surface area contributed by atoms with E-state index in [0.717, 1.165) is 5.56 Å². The minimum atomic E-state index is -3.53. The Bertz CT molecular complexity index is 677. The second-order valence-electron chi connectivity index (χ2n) is 7.48. The van der Waals surface area contributed by atoms with Gasteiger partial charge >= 0.3 is 0 Å². The van der Waals surface area contributed by atoms with Crippen molar-refractivity contribution in [1.82, 2.24) is 5.32 Å². The maximum absolute atomic E-state index is 12.5. The first-order valence-electron chi connectivity index (χ1n) is 9.10. The standard InChI is InChI=1S/C18H28Cl2NO5P/c1-11(13-3-4-15(19)16(20)7-13)21-8-14(22)10-27(25,26)9-12-2-5-17(23)18(24)6-12/h3-4,7,11-12,14,17-18,21-24H,2,5-6,8-10H2,1H3,(H,25,26)/t11?,12?,14-,17?,18?/m1/s1. The number of hydrogen-bond donors (Lipinski definition) is 5. The summed E-state index contributed by atoms with van der Waals surface area (Å²) in [5.41, 5.74) is 0.901. The summed E-state index contributed by atoms with van der Waals surface area (Å²) in [6.45, 7) is 2.07. The summed E-state index contributed by atoms with van der Waals surface area (Å²) in [7, 11) is -3.53. The molecular weight excluding hydrogens is 412 g/mol. The quantitative estimate of drug-likeness (QED) is 0.398. The minimum Gasteiger partial charge on any atom is -0.391 e. The monoisotopic (exact) mass is 439 g/mol. The van der Waals surface area contributed by atoms with Gasteiger partial charge < -0.3 is 25.5 Å². The van der Waals surface area contributed by atoms with E-state index in [-0.39, 0.29) is 30.8 Å². The van der Waals surface area contributed by atoms with Crippen LogP contribution >= 0.6 is 30.6 Å². The summed E-state index contributed by atoms with van der Waals surface area (Å²) in [6.07, 6.45) is -1.37. The van der Waals surface area contributed by atoms with Crippen molar-refractivity contribution in [2.24, 2.45) is 5.92 Å². The molecule has 0 spiro atoms. The van der Waals surface area contributed by atoms with Gasteiger partial charge in [0.25, 0.3) is 0 Å². The smallest absolute Gasteiger partial charge is 0.203 e. The number of benzene rings is 1. The molecule has 1 aromatic carbocycles. The highest BCUT2D eigenvalue weighted by Gasteiger charge is 2.33. The Kier molecular flexibility index (Phi) is 8.59. The van der Waals surface area contributed by atoms with Crippen LogP contribution in [0.15, 0.2) is 18.2 Å². The van der Waals surface area contributed by atoms with Crippen LogP contribution in [0.5, 0.6) is 0 Å². The van der Waals surface area contributed by atoms with Crippen molar-refractivity contribution < 1.29 is 24.8 Å². The Labute approximate surface area is 170 Å². The lowest BCUT2D eigenvalue weighted by Crippen LogP contribution is -2.35. The first-order valence-corrected chi connectivity index (χ1v) is 11.9. The molecule has 0 radical (unpaired) electrons. The van der Waals surface area contributed by atoms with E-state index in [4.69, 9.17) is 23.2 Å². The Morgan fingerprint density at radius 1 is 1.22 bits per heavy atom. The molecule has 0 aromatic heterocycles. The Morgan fingerprint density at radius 2 is 1.93 bits per heavy atom. The SMILES string of the molecule is CC(NC[C@@H](O)CP(=O)(O)CC1CCC(O)C(O)C1)c1ccc(Cl)c(Cl)c1. The van der Waals surface area contributed by atoms with Gasteiger partial charge in [-0.25, -0.2) is 0 Å². The maximum Gasteiger partial charge on any atom is 0.203 e. The lowest BCUT2D eigenvalue weighted by atomic mass is 9.87. The Morgan fingerprint density at radius 3 is 2.56 bits per heavy atom. The highest BCUT2D eigenvalue weighted by atomic mass is 35.5. The van der Waals surface area contributed by atoms with Gasteiger partial charge in [0.2, 0.25) is 7.37 Å². The summed E-state index contributed by atoms with van der Waals surface area (Å²) in [6, 6.07) is 5.17. The third-order valence-electron chi connectivity index (χ3n) is 5.03. The molecule has 6 nitrogen and oxygen atoms in total. The van der Waals surface area contributed by atoms with Gasteiger partial charge in [-0.3, -0.25) is 4.57 Å². The molecule has 27 heavy (non-hydrogen) atoms. The lowest BCUT2D eigenvalue weighted by Gasteiger charge is -2.31. The second kappa shape index (κ2) is 10.0. The third kappa shape index (κ3) is 7.30. The van der Waals surface area contributed by atoms with Gasteiger partial charge in [0, 0.05) is 18.7 Å². The summed E-state index contributed by atoms with van der Waals surface area (Å²) >= 11 is 11.9. The second-order valence-corrected chi connectivity index (χ2v) is 10.7. The van der Waals surface area contributed by atoms with Crippen LogP contribution < -0.4 is 5.32 Å². The van der Waals surface area contributed by atoms with Gasteiger partial charge in [0.05, 0.1) is 34.5 Å². The average molecular weight is 440 g/mol. The zero-order chi connectivity index (χ0) is 20.2. The van der Waals surface area contributed by atoms with Crippen LogP contribution in [0.4, 0.5) is 0 Å². The topological polar surface area (TPSA) is 110 Å². The van der Waals surface area contributed by atoms with Crippen molar-refractivity contribution in [3.63, 3.8) is 0 Å². The summed E-state index contributed by atoms with van der Waals surface area (Å²) < 4.78 is 12.5. The van der Waals surface area contributed by atoms with Crippen molar-refractivity contribution in [2.75, 3.05) is 18.9 Å². The fourth-order valence-electron chi connectivity index (χ4n) is 3.47. The first-order chi connectivity index (χ1) is 12.6. The van der Waals surface area contributed by atoms with E-state index in [9.17, 15) is 24.8 Å². The summed E-state index contributed by atoms with van der Waals surface area (Å²) in [5.74, 6) is -0.116. The van der Waals surface area contributed by atoms with Gasteiger partial charge in [-0.05, 0) is 49.8 Å². The van der Waals surface area contributed by atoms with E-state index >= 15 is 0 Å². The number of halogens is 2. The van der Waals surface area contributed by atoms with Crippen LogP contribution in [-0.2, 0) is 4.57 Å². The molecule has 0 aliphatic heterocycles. The highest BCUT2D eigenvalue weighted by Crippen LogP contribution is 2.46. The van der Waals surface area contributed by atoms with Crippen molar-refractivity contribution in [2.45, 2.75) is 50.5 Å². The molecule has 1 aliphatic carbocycles. The number of aliphatic hydroxyl groups excluding tert-OH is 3. The Balaban J connectivity index is 1.80. The molecule has 2 rings (SSSR count). The largest absolute Gasteiger partial charge is 0.391 e. The predicted molar refractivity (Wildman–Crippen MR) is 108 cm³/mol. The van der Waals surface area contributed by atoms with Crippen molar-refractivity contribution in [3.05, 3.63) is 33.8 Å². The molecule has 9 heteroatoms. The van der Waals surface area contributed by atoms with Crippen LogP contribution in [0.1, 0.15) is 37.8 Å². The van der Waals surface area contributed by atoms with E-state index in [1.807, 2.05) is 13.0 Å². The minimum absolute atomic E-state index is 0.0518. The first kappa shape index (κ1) is 23.1. The van der Waals surface area contributed by atoms with Crippen LogP contribution in [-0.4, -0.2) is 57.4 Å². The normalized spacial score (nSPS) is 27.7. The third-order valence-corrected chi connectivity index (χ3v) is 7.85. The zero-order valence-electron chi connectivity index (χ0n) is 15.3. The molecule has 1 aliphatic rings. The summed E-state index contributed by atoms with van der Waals surface area (Å²) in [4.78, 5) is 10.2. The molecule has 154 valence electrons. The average Bonchev–Trinajstić information content (AvgIpc) is 2.57. The van der Waals surface area contributed by atoms with Crippen LogP contribution in [0.25, 0.3) is 0 Å². The van der Waals surface area contributed by atoms with Gasteiger partial charge in [0.15, 0.2) is 0 Å². The van der Waals surface area contributed by atoms with Gasteiger partial charge in [-0.2, -0.15) is 0 Å². The van der Waals surface area contributed by atoms with E-state index in [0.29, 0.717) is 29.3 Å². The molecule has 1 saturated carbocycles. The molecule has 0 heterocycles. The highest BCUT2D eigenvalue weighted by molar-refractivity contribution is 7.58. The van der Waals surface area contributed by atoms with Gasteiger partial charge in [-0.1, -0.05) is 29.3 Å². The fraction of sp³-hybridized carbons (Fsp3) is 0.667. The number of hydrogen-bond acceptors (Lipinski definition) is 5. The molecule has 0 amide bonds. The number of aliphatic hydroxyl groups is 3. The molecular formula is C18H28Cl2NO5P.